The zero-order valence-electron chi connectivity index (χ0n) is 5.99. The lowest BCUT2D eigenvalue weighted by atomic mass is 10.4. The standard InChI is InChI=1S/C6H4ClF5S/c7-13(9,10,11,12)6-4-2-1-3-5(6)8/h1-4H. The topological polar surface area (TPSA) is 0 Å². The molecular weight excluding hydrogens is 235 g/mol. The van der Waals surface area contributed by atoms with Crippen molar-refractivity contribution in [3.63, 3.8) is 0 Å². The third-order valence-corrected chi connectivity index (χ3v) is 2.91. The predicted molar refractivity (Wildman–Crippen MR) is 42.5 cm³/mol. The third kappa shape index (κ3) is 2.47. The SMILES string of the molecule is Fc1ccccc1S(F)(F)(F)(F)Cl. The van der Waals surface area contributed by atoms with Crippen LogP contribution in [0.15, 0.2) is 29.2 Å². The molecule has 0 saturated carbocycles. The van der Waals surface area contributed by atoms with Crippen molar-refractivity contribution in [1.82, 2.24) is 0 Å². The van der Waals surface area contributed by atoms with Gasteiger partial charge in [-0.25, -0.2) is 4.39 Å². The van der Waals surface area contributed by atoms with Crippen LogP contribution in [0.2, 0.25) is 0 Å². The first-order chi connectivity index (χ1) is 5.50. The van der Waals surface area contributed by atoms with Gasteiger partial charge in [0, 0.05) is 10.7 Å². The Hall–Kier alpha value is -0.490. The highest BCUT2D eigenvalue weighted by Crippen LogP contribution is 3.04. The molecule has 0 aliphatic carbocycles. The number of rotatable bonds is 1. The summed E-state index contributed by atoms with van der Waals surface area (Å²) >= 11 is 0. The molecule has 0 radical (unpaired) electrons. The third-order valence-electron chi connectivity index (χ3n) is 1.25. The van der Waals surface area contributed by atoms with Crippen molar-refractivity contribution in [1.29, 1.82) is 0 Å². The summed E-state index contributed by atoms with van der Waals surface area (Å²) < 4.78 is 62.2. The molecule has 76 valence electrons. The molecule has 0 N–H and O–H groups in total. The summed E-state index contributed by atoms with van der Waals surface area (Å²) in [5.74, 6) is -1.71. The Bertz CT molecular complexity index is 342. The fraction of sp³-hybridized carbons (Fsp3) is 0. The molecule has 0 amide bonds. The molecule has 13 heavy (non-hydrogen) atoms. The van der Waals surface area contributed by atoms with Gasteiger partial charge in [-0.05, 0) is 12.1 Å². The minimum absolute atomic E-state index is 0.268. The van der Waals surface area contributed by atoms with Gasteiger partial charge in [0.2, 0.25) is 0 Å². The van der Waals surface area contributed by atoms with Crippen LogP contribution in [0.25, 0.3) is 0 Å². The molecule has 1 aromatic carbocycles. The lowest BCUT2D eigenvalue weighted by molar-refractivity contribution is 0.463. The van der Waals surface area contributed by atoms with E-state index in [1.165, 1.54) is 0 Å². The molecule has 0 aliphatic rings. The van der Waals surface area contributed by atoms with E-state index in [1.54, 1.807) is 0 Å². The van der Waals surface area contributed by atoms with Crippen molar-refractivity contribution in [3.8, 4) is 0 Å². The number of benzene rings is 1. The van der Waals surface area contributed by atoms with Crippen LogP contribution < -0.4 is 0 Å². The fourth-order valence-corrected chi connectivity index (χ4v) is 1.91. The van der Waals surface area contributed by atoms with E-state index in [0.717, 1.165) is 12.1 Å². The van der Waals surface area contributed by atoms with Crippen LogP contribution in [-0.4, -0.2) is 0 Å². The summed E-state index contributed by atoms with van der Waals surface area (Å²) in [7, 11) is -4.99. The molecule has 0 unspecified atom stereocenters. The first-order valence-electron chi connectivity index (χ1n) is 2.99. The van der Waals surface area contributed by atoms with E-state index in [2.05, 4.69) is 10.7 Å². The largest absolute Gasteiger partial charge is 0.256 e. The first kappa shape index (κ1) is 10.6. The Kier molecular flexibility index (Phi) is 1.72. The average molecular weight is 239 g/mol. The van der Waals surface area contributed by atoms with E-state index in [4.69, 9.17) is 0 Å². The quantitative estimate of drug-likeness (QED) is 0.619. The summed E-state index contributed by atoms with van der Waals surface area (Å²) in [6.45, 7) is 0. The molecule has 0 bridgehead atoms. The number of hydrogen-bond donors (Lipinski definition) is 0. The van der Waals surface area contributed by atoms with E-state index in [0.29, 0.717) is 6.07 Å². The molecule has 0 spiro atoms. The molecule has 1 aromatic rings. The van der Waals surface area contributed by atoms with E-state index >= 15 is 0 Å². The van der Waals surface area contributed by atoms with Crippen LogP contribution in [0.4, 0.5) is 19.9 Å². The smallest absolute Gasteiger partial charge is 0.205 e. The second-order valence-corrected chi connectivity index (χ2v) is 6.64. The van der Waals surface area contributed by atoms with E-state index in [9.17, 15) is 19.9 Å². The van der Waals surface area contributed by atoms with Gasteiger partial charge >= 0.3 is 0 Å². The van der Waals surface area contributed by atoms with Gasteiger partial charge in [-0.15, -0.1) is 15.5 Å². The second kappa shape index (κ2) is 2.12. The summed E-state index contributed by atoms with van der Waals surface area (Å²) in [4.78, 5) is -2.04. The summed E-state index contributed by atoms with van der Waals surface area (Å²) in [5, 5.41) is 0. The van der Waals surface area contributed by atoms with Crippen LogP contribution in [-0.2, 0) is 0 Å². The van der Waals surface area contributed by atoms with Gasteiger partial charge in [0.25, 0.3) is 9.05 Å². The Labute approximate surface area is 75.2 Å². The molecule has 1 rings (SSSR count). The molecule has 7 heteroatoms. The molecule has 0 aromatic heterocycles. The van der Waals surface area contributed by atoms with Crippen LogP contribution in [0.5, 0.6) is 0 Å². The summed E-state index contributed by atoms with van der Waals surface area (Å²) in [6, 6.07) is 2.64. The fourth-order valence-electron chi connectivity index (χ4n) is 0.758. The second-order valence-electron chi connectivity index (χ2n) is 2.40. The van der Waals surface area contributed by atoms with E-state index in [-0.39, 0.29) is 6.07 Å². The molecule has 0 saturated heterocycles. The lowest BCUT2D eigenvalue weighted by Crippen LogP contribution is -2.06. The van der Waals surface area contributed by atoms with Gasteiger partial charge in [0.05, 0.1) is 0 Å². The highest BCUT2D eigenvalue weighted by Gasteiger charge is 2.64. The number of halogens is 6. The summed E-state index contributed by atoms with van der Waals surface area (Å²) in [6.07, 6.45) is 0. The van der Waals surface area contributed by atoms with Crippen molar-refractivity contribution in [2.24, 2.45) is 0 Å². The van der Waals surface area contributed by atoms with E-state index < -0.39 is 19.8 Å². The highest BCUT2D eigenvalue weighted by molar-refractivity contribution is 8.65. The molecule has 0 atom stereocenters. The molecule has 0 fully saturated rings. The number of hydrogen-bond acceptors (Lipinski definition) is 0. The van der Waals surface area contributed by atoms with Gasteiger partial charge in [-0.3, -0.25) is 0 Å². The monoisotopic (exact) mass is 238 g/mol. The summed E-state index contributed by atoms with van der Waals surface area (Å²) in [5.41, 5.74) is 0. The Morgan fingerprint density at radius 2 is 1.46 bits per heavy atom. The maximum atomic E-state index is 12.6. The molecular formula is C6H4ClF5S. The normalized spacial score (nSPS) is 17.7. The van der Waals surface area contributed by atoms with Gasteiger partial charge in [-0.2, -0.15) is 0 Å². The van der Waals surface area contributed by atoms with Crippen LogP contribution in [0.3, 0.4) is 0 Å². The van der Waals surface area contributed by atoms with Crippen LogP contribution >= 0.6 is 19.7 Å². The molecule has 0 aliphatic heterocycles. The van der Waals surface area contributed by atoms with Crippen molar-refractivity contribution >= 4 is 19.7 Å². The Morgan fingerprint density at radius 1 is 1.00 bits per heavy atom. The van der Waals surface area contributed by atoms with Crippen LogP contribution in [0.1, 0.15) is 0 Å². The predicted octanol–water partition coefficient (Wildman–Crippen LogP) is 4.75. The molecule has 0 heterocycles. The van der Waals surface area contributed by atoms with Gasteiger partial charge in [-0.1, -0.05) is 12.1 Å². The highest BCUT2D eigenvalue weighted by atomic mass is 35.7. The zero-order chi connectivity index (χ0) is 10.4. The van der Waals surface area contributed by atoms with Gasteiger partial charge in [0.15, 0.2) is 0 Å². The zero-order valence-corrected chi connectivity index (χ0v) is 7.56. The van der Waals surface area contributed by atoms with E-state index in [1.807, 2.05) is 0 Å². The van der Waals surface area contributed by atoms with Crippen molar-refractivity contribution in [2.45, 2.75) is 4.90 Å². The van der Waals surface area contributed by atoms with Crippen molar-refractivity contribution < 1.29 is 19.9 Å². The van der Waals surface area contributed by atoms with Crippen molar-refractivity contribution in [3.05, 3.63) is 30.1 Å². The van der Waals surface area contributed by atoms with Gasteiger partial charge < -0.3 is 0 Å². The van der Waals surface area contributed by atoms with Gasteiger partial charge in [0.1, 0.15) is 10.7 Å². The van der Waals surface area contributed by atoms with Crippen molar-refractivity contribution in [2.75, 3.05) is 0 Å². The first-order valence-corrected chi connectivity index (χ1v) is 5.87. The molecule has 0 nitrogen and oxygen atoms in total. The minimum atomic E-state index is -8.88. The lowest BCUT2D eigenvalue weighted by Gasteiger charge is -2.42. The van der Waals surface area contributed by atoms with Crippen LogP contribution in [0, 0.1) is 5.82 Å². The maximum Gasteiger partial charge on any atom is 0.256 e. The maximum absolute atomic E-state index is 12.6. The average Bonchev–Trinajstić information content (AvgIpc) is 1.82. The Balaban J connectivity index is 3.50. The minimum Gasteiger partial charge on any atom is -0.205 e. The Morgan fingerprint density at radius 3 is 1.77 bits per heavy atom.